The number of aryl methyl sites for hydroxylation is 1. The third-order valence-corrected chi connectivity index (χ3v) is 7.05. The number of benzene rings is 1. The molecule has 1 fully saturated rings. The van der Waals surface area contributed by atoms with Crippen molar-refractivity contribution in [2.45, 2.75) is 38.5 Å². The molecule has 0 radical (unpaired) electrons. The van der Waals surface area contributed by atoms with Gasteiger partial charge >= 0.3 is 0 Å². The number of aromatic nitrogens is 4. The van der Waals surface area contributed by atoms with Crippen LogP contribution >= 0.6 is 11.3 Å². The summed E-state index contributed by atoms with van der Waals surface area (Å²) in [6, 6.07) is 11.8. The summed E-state index contributed by atoms with van der Waals surface area (Å²) >= 11 is 1.56. The number of hydrogen-bond donors (Lipinski definition) is 4. The molecule has 1 aliphatic carbocycles. The molecule has 4 N–H and O–H groups in total. The van der Waals surface area contributed by atoms with Gasteiger partial charge in [0.1, 0.15) is 16.3 Å². The number of rotatable bonds is 7. The number of anilines is 2. The molecular weight excluding hydrogens is 436 g/mol. The van der Waals surface area contributed by atoms with Gasteiger partial charge in [0.2, 0.25) is 5.95 Å². The zero-order chi connectivity index (χ0) is 22.8. The van der Waals surface area contributed by atoms with E-state index in [1.807, 2.05) is 43.3 Å². The minimum Gasteiger partial charge on any atom is -0.396 e. The van der Waals surface area contributed by atoms with E-state index >= 15 is 0 Å². The third-order valence-electron chi connectivity index (χ3n) is 5.99. The van der Waals surface area contributed by atoms with Crippen LogP contribution < -0.4 is 10.6 Å². The van der Waals surface area contributed by atoms with Gasteiger partial charge < -0.3 is 20.8 Å². The summed E-state index contributed by atoms with van der Waals surface area (Å²) in [4.78, 5) is 18.4. The second-order valence-electron chi connectivity index (χ2n) is 8.40. The Morgan fingerprint density at radius 2 is 1.94 bits per heavy atom. The molecular formula is C24H26N6O2S. The monoisotopic (exact) mass is 462 g/mol. The van der Waals surface area contributed by atoms with E-state index in [4.69, 9.17) is 15.0 Å². The van der Waals surface area contributed by atoms with Crippen molar-refractivity contribution in [1.29, 1.82) is 0 Å². The second-order valence-corrected chi connectivity index (χ2v) is 9.43. The van der Waals surface area contributed by atoms with Crippen LogP contribution in [0, 0.1) is 12.8 Å². The van der Waals surface area contributed by atoms with Gasteiger partial charge in [-0.25, -0.2) is 9.97 Å². The Morgan fingerprint density at radius 1 is 1.09 bits per heavy atom. The van der Waals surface area contributed by atoms with E-state index in [1.165, 1.54) is 0 Å². The molecule has 0 aliphatic heterocycles. The minimum atomic E-state index is -0.550. The van der Waals surface area contributed by atoms with Crippen LogP contribution in [0.1, 0.15) is 24.1 Å². The molecule has 170 valence electrons. The lowest BCUT2D eigenvalue weighted by Crippen LogP contribution is -2.29. The number of pyridine rings is 1. The van der Waals surface area contributed by atoms with E-state index in [2.05, 4.69) is 15.6 Å². The number of aliphatic hydroxyl groups is 2. The van der Waals surface area contributed by atoms with Crippen LogP contribution in [0.15, 0.2) is 48.8 Å². The summed E-state index contributed by atoms with van der Waals surface area (Å²) in [7, 11) is 0. The van der Waals surface area contributed by atoms with Crippen LogP contribution in [-0.4, -0.2) is 48.9 Å². The van der Waals surface area contributed by atoms with Crippen molar-refractivity contribution in [2.24, 2.45) is 5.92 Å². The molecule has 9 heteroatoms. The third kappa shape index (κ3) is 4.66. The predicted octanol–water partition coefficient (Wildman–Crippen LogP) is 3.61. The van der Waals surface area contributed by atoms with Gasteiger partial charge in [0, 0.05) is 19.3 Å². The van der Waals surface area contributed by atoms with E-state index in [1.54, 1.807) is 23.7 Å². The predicted molar refractivity (Wildman–Crippen MR) is 130 cm³/mol. The van der Waals surface area contributed by atoms with Crippen LogP contribution in [-0.2, 0) is 6.54 Å². The topological polar surface area (TPSA) is 116 Å². The van der Waals surface area contributed by atoms with E-state index in [0.29, 0.717) is 31.2 Å². The Balaban J connectivity index is 1.50. The van der Waals surface area contributed by atoms with Crippen molar-refractivity contribution >= 4 is 33.3 Å². The molecule has 5 rings (SSSR count). The van der Waals surface area contributed by atoms with Crippen molar-refractivity contribution in [1.82, 2.24) is 19.9 Å². The number of nitrogens with zero attached hydrogens (tertiary/aromatic N) is 4. The quantitative estimate of drug-likeness (QED) is 0.329. The molecule has 3 atom stereocenters. The van der Waals surface area contributed by atoms with Crippen molar-refractivity contribution < 1.29 is 10.2 Å². The van der Waals surface area contributed by atoms with Gasteiger partial charge in [0.15, 0.2) is 0 Å². The first-order valence-electron chi connectivity index (χ1n) is 11.0. The van der Waals surface area contributed by atoms with Crippen molar-refractivity contribution in [3.05, 3.63) is 60.0 Å². The fourth-order valence-corrected chi connectivity index (χ4v) is 5.30. The van der Waals surface area contributed by atoms with Crippen LogP contribution in [0.25, 0.3) is 20.8 Å². The fourth-order valence-electron chi connectivity index (χ4n) is 4.27. The number of aliphatic hydroxyl groups excluding tert-OH is 2. The first-order chi connectivity index (χ1) is 16.1. The highest BCUT2D eigenvalue weighted by atomic mass is 32.1. The molecule has 1 aliphatic rings. The number of thiazole rings is 1. The number of nitrogens with one attached hydrogen (secondary N) is 2. The Morgan fingerprint density at radius 3 is 2.70 bits per heavy atom. The van der Waals surface area contributed by atoms with E-state index < -0.39 is 6.10 Å². The van der Waals surface area contributed by atoms with Crippen LogP contribution in [0.5, 0.6) is 0 Å². The average Bonchev–Trinajstić information content (AvgIpc) is 3.41. The maximum Gasteiger partial charge on any atom is 0.225 e. The molecule has 0 amide bonds. The number of hydrogen-bond acceptors (Lipinski definition) is 9. The van der Waals surface area contributed by atoms with Gasteiger partial charge in [0.25, 0.3) is 0 Å². The average molecular weight is 463 g/mol. The molecule has 3 aromatic heterocycles. The van der Waals surface area contributed by atoms with Crippen molar-refractivity contribution in [3.8, 4) is 10.6 Å². The lowest BCUT2D eigenvalue weighted by Gasteiger charge is -2.20. The smallest absolute Gasteiger partial charge is 0.225 e. The van der Waals surface area contributed by atoms with Crippen molar-refractivity contribution in [3.63, 3.8) is 0 Å². The van der Waals surface area contributed by atoms with Gasteiger partial charge in [-0.05, 0) is 37.3 Å². The van der Waals surface area contributed by atoms with Crippen LogP contribution in [0.3, 0.4) is 0 Å². The van der Waals surface area contributed by atoms with Gasteiger partial charge in [0.05, 0.1) is 34.3 Å². The Labute approximate surface area is 195 Å². The summed E-state index contributed by atoms with van der Waals surface area (Å²) in [6.45, 7) is 2.62. The highest BCUT2D eigenvalue weighted by Crippen LogP contribution is 2.37. The largest absolute Gasteiger partial charge is 0.396 e. The lowest BCUT2D eigenvalue weighted by atomic mass is 10.1. The molecule has 0 saturated heterocycles. The molecule has 8 nitrogen and oxygen atoms in total. The highest BCUT2D eigenvalue weighted by molar-refractivity contribution is 7.21. The number of fused-ring (bicyclic) bond motifs is 1. The maximum absolute atomic E-state index is 10.6. The zero-order valence-electron chi connectivity index (χ0n) is 18.3. The Bertz CT molecular complexity index is 1220. The molecule has 33 heavy (non-hydrogen) atoms. The molecule has 3 heterocycles. The molecule has 1 aromatic carbocycles. The first-order valence-corrected chi connectivity index (χ1v) is 11.8. The zero-order valence-corrected chi connectivity index (χ0v) is 19.1. The van der Waals surface area contributed by atoms with Gasteiger partial charge in [-0.15, -0.1) is 11.3 Å². The molecule has 0 spiro atoms. The van der Waals surface area contributed by atoms with E-state index in [0.717, 1.165) is 32.0 Å². The molecule has 1 saturated carbocycles. The fraction of sp³-hybridized carbons (Fsp3) is 0.333. The van der Waals surface area contributed by atoms with Gasteiger partial charge in [-0.1, -0.05) is 30.3 Å². The summed E-state index contributed by atoms with van der Waals surface area (Å²) < 4.78 is 1.04. The molecule has 0 bridgehead atoms. The SMILES string of the molecule is Cc1nc(NCc2ccccc2)nc(N[C@@H]2C[C@H](CO)C[C@H]2O)c1-c1nc2cnccc2s1. The highest BCUT2D eigenvalue weighted by Gasteiger charge is 2.33. The maximum atomic E-state index is 10.6. The molecule has 4 aromatic rings. The summed E-state index contributed by atoms with van der Waals surface area (Å²) in [6.07, 6.45) is 4.20. The standard InChI is InChI=1S/C24H26N6O2S/c1-14-21(23-29-18-12-25-8-7-20(18)33-23)22(28-17-9-16(13-31)10-19(17)32)30-24(27-14)26-11-15-5-3-2-4-6-15/h2-8,12,16-17,19,31-32H,9-11,13H2,1H3,(H2,26,27,28,30)/t16-,17+,19+/m0/s1. The van der Waals surface area contributed by atoms with E-state index in [-0.39, 0.29) is 18.6 Å². The normalized spacial score (nSPS) is 20.3. The Kier molecular flexibility index (Phi) is 6.17. The van der Waals surface area contributed by atoms with Crippen LogP contribution in [0.4, 0.5) is 11.8 Å². The lowest BCUT2D eigenvalue weighted by molar-refractivity contribution is 0.157. The first kappa shape index (κ1) is 21.7. The van der Waals surface area contributed by atoms with Crippen LogP contribution in [0.2, 0.25) is 0 Å². The molecule has 0 unspecified atom stereocenters. The Hall–Kier alpha value is -3.14. The summed E-state index contributed by atoms with van der Waals surface area (Å²) in [5.41, 5.74) is 3.57. The van der Waals surface area contributed by atoms with Crippen molar-refractivity contribution in [2.75, 3.05) is 17.2 Å². The van der Waals surface area contributed by atoms with Gasteiger partial charge in [-0.2, -0.15) is 4.98 Å². The summed E-state index contributed by atoms with van der Waals surface area (Å²) in [5, 5.41) is 27.7. The summed E-state index contributed by atoms with van der Waals surface area (Å²) in [5.74, 6) is 1.22. The minimum absolute atomic E-state index is 0.0691. The van der Waals surface area contributed by atoms with Gasteiger partial charge in [-0.3, -0.25) is 4.98 Å². The van der Waals surface area contributed by atoms with E-state index in [9.17, 15) is 10.2 Å². The second kappa shape index (κ2) is 9.38.